The largest absolute Gasteiger partial charge is 0.436 e. The number of benzene rings is 2. The van der Waals surface area contributed by atoms with Crippen LogP contribution in [0.1, 0.15) is 0 Å². The van der Waals surface area contributed by atoms with Gasteiger partial charge in [-0.3, -0.25) is 0 Å². The van der Waals surface area contributed by atoms with E-state index in [2.05, 4.69) is 16.0 Å². The smallest absolute Gasteiger partial charge is 0.226 e. The predicted molar refractivity (Wildman–Crippen MR) is 80.6 cm³/mol. The van der Waals surface area contributed by atoms with E-state index in [0.29, 0.717) is 5.89 Å². The van der Waals surface area contributed by atoms with Crippen LogP contribution in [0.5, 0.6) is 0 Å². The van der Waals surface area contributed by atoms with Crippen LogP contribution in [-0.4, -0.2) is 9.97 Å². The van der Waals surface area contributed by atoms with Crippen LogP contribution < -0.4 is 0 Å². The molecule has 4 heteroatoms. The molecule has 0 fully saturated rings. The van der Waals surface area contributed by atoms with E-state index in [4.69, 9.17) is 4.42 Å². The quantitative estimate of drug-likeness (QED) is 0.537. The summed E-state index contributed by atoms with van der Waals surface area (Å²) in [4.78, 5) is 8.68. The number of oxazole rings is 1. The Bertz CT molecular complexity index is 864. The first kappa shape index (κ1) is 11.4. The molecule has 0 amide bonds. The third-order valence-corrected chi connectivity index (χ3v) is 3.95. The third kappa shape index (κ3) is 1.90. The lowest BCUT2D eigenvalue weighted by molar-refractivity contribution is 0.589. The van der Waals surface area contributed by atoms with Crippen LogP contribution in [-0.2, 0) is 0 Å². The van der Waals surface area contributed by atoms with Crippen LogP contribution in [0.3, 0.4) is 0 Å². The average molecular weight is 278 g/mol. The predicted octanol–water partition coefficient (Wildman–Crippen LogP) is 4.62. The molecule has 0 bridgehead atoms. The van der Waals surface area contributed by atoms with Crippen molar-refractivity contribution in [2.45, 2.75) is 0 Å². The molecule has 2 aromatic heterocycles. The van der Waals surface area contributed by atoms with Gasteiger partial charge in [-0.2, -0.15) is 0 Å². The molecule has 0 radical (unpaired) electrons. The number of aromatic nitrogens is 2. The Hall–Kier alpha value is -2.46. The zero-order valence-corrected chi connectivity index (χ0v) is 11.3. The van der Waals surface area contributed by atoms with E-state index in [1.54, 1.807) is 17.5 Å². The zero-order chi connectivity index (χ0) is 13.4. The molecule has 4 rings (SSSR count). The van der Waals surface area contributed by atoms with Crippen molar-refractivity contribution in [2.75, 3.05) is 0 Å². The van der Waals surface area contributed by atoms with Gasteiger partial charge >= 0.3 is 0 Å². The molecule has 2 aromatic carbocycles. The SMILES string of the molecule is c1ccc(-c2cnc(-c3ccc4scnc4c3)o2)cc1. The highest BCUT2D eigenvalue weighted by molar-refractivity contribution is 7.16. The van der Waals surface area contributed by atoms with E-state index in [1.165, 1.54) is 4.70 Å². The van der Waals surface area contributed by atoms with Gasteiger partial charge in [0.2, 0.25) is 5.89 Å². The van der Waals surface area contributed by atoms with Crippen molar-refractivity contribution in [1.29, 1.82) is 0 Å². The van der Waals surface area contributed by atoms with Gasteiger partial charge in [0.25, 0.3) is 0 Å². The summed E-state index contributed by atoms with van der Waals surface area (Å²) in [5, 5.41) is 0. The van der Waals surface area contributed by atoms with Gasteiger partial charge in [-0.1, -0.05) is 30.3 Å². The molecule has 2 heterocycles. The molecule has 0 saturated carbocycles. The van der Waals surface area contributed by atoms with Gasteiger partial charge in [0.1, 0.15) is 0 Å². The van der Waals surface area contributed by atoms with Crippen LogP contribution in [0.2, 0.25) is 0 Å². The van der Waals surface area contributed by atoms with E-state index in [9.17, 15) is 0 Å². The van der Waals surface area contributed by atoms with E-state index < -0.39 is 0 Å². The summed E-state index contributed by atoms with van der Waals surface area (Å²) >= 11 is 1.63. The molecule has 0 aliphatic heterocycles. The van der Waals surface area contributed by atoms with E-state index in [1.807, 2.05) is 48.0 Å². The lowest BCUT2D eigenvalue weighted by Crippen LogP contribution is -1.76. The monoisotopic (exact) mass is 278 g/mol. The van der Waals surface area contributed by atoms with Gasteiger partial charge in [-0.25, -0.2) is 9.97 Å². The Morgan fingerprint density at radius 1 is 0.900 bits per heavy atom. The number of fused-ring (bicyclic) bond motifs is 1. The summed E-state index contributed by atoms with van der Waals surface area (Å²) in [6, 6.07) is 16.0. The minimum Gasteiger partial charge on any atom is -0.436 e. The molecule has 20 heavy (non-hydrogen) atoms. The van der Waals surface area contributed by atoms with Crippen molar-refractivity contribution in [3.63, 3.8) is 0 Å². The van der Waals surface area contributed by atoms with Gasteiger partial charge in [-0.05, 0) is 18.2 Å². The minimum absolute atomic E-state index is 0.624. The average Bonchev–Trinajstić information content (AvgIpc) is 3.16. The molecule has 4 aromatic rings. The first-order valence-corrected chi connectivity index (χ1v) is 7.13. The summed E-state index contributed by atoms with van der Waals surface area (Å²) in [5.74, 6) is 1.40. The van der Waals surface area contributed by atoms with Crippen molar-refractivity contribution >= 4 is 21.6 Å². The number of hydrogen-bond donors (Lipinski definition) is 0. The Morgan fingerprint density at radius 2 is 1.80 bits per heavy atom. The van der Waals surface area contributed by atoms with E-state index in [0.717, 1.165) is 22.4 Å². The minimum atomic E-state index is 0.624. The second kappa shape index (κ2) is 4.58. The highest BCUT2D eigenvalue weighted by atomic mass is 32.1. The summed E-state index contributed by atoms with van der Waals surface area (Å²) in [5.41, 5.74) is 4.80. The van der Waals surface area contributed by atoms with Crippen LogP contribution in [0.15, 0.2) is 64.7 Å². The fourth-order valence-corrected chi connectivity index (χ4v) is 2.79. The Labute approximate surface area is 119 Å². The lowest BCUT2D eigenvalue weighted by atomic mass is 10.2. The van der Waals surface area contributed by atoms with Gasteiger partial charge in [-0.15, -0.1) is 11.3 Å². The van der Waals surface area contributed by atoms with Crippen LogP contribution in [0, 0.1) is 0 Å². The Balaban J connectivity index is 1.77. The second-order valence-electron chi connectivity index (χ2n) is 4.43. The fraction of sp³-hybridized carbons (Fsp3) is 0. The molecule has 0 unspecified atom stereocenters. The maximum atomic E-state index is 5.85. The number of thiazole rings is 1. The van der Waals surface area contributed by atoms with Crippen molar-refractivity contribution < 1.29 is 4.42 Å². The number of nitrogens with zero attached hydrogens (tertiary/aromatic N) is 2. The van der Waals surface area contributed by atoms with Crippen molar-refractivity contribution in [2.24, 2.45) is 0 Å². The number of hydrogen-bond acceptors (Lipinski definition) is 4. The molecule has 3 nitrogen and oxygen atoms in total. The lowest BCUT2D eigenvalue weighted by Gasteiger charge is -1.96. The van der Waals surface area contributed by atoms with Gasteiger partial charge < -0.3 is 4.42 Å². The van der Waals surface area contributed by atoms with Crippen molar-refractivity contribution in [3.05, 3.63) is 60.2 Å². The van der Waals surface area contributed by atoms with Crippen LogP contribution >= 0.6 is 11.3 Å². The van der Waals surface area contributed by atoms with E-state index in [-0.39, 0.29) is 0 Å². The van der Waals surface area contributed by atoms with Crippen molar-refractivity contribution in [1.82, 2.24) is 9.97 Å². The first-order valence-electron chi connectivity index (χ1n) is 6.25. The van der Waals surface area contributed by atoms with Gasteiger partial charge in [0.05, 0.1) is 21.9 Å². The molecule has 0 N–H and O–H groups in total. The molecule has 0 saturated heterocycles. The van der Waals surface area contributed by atoms with Gasteiger partial charge in [0, 0.05) is 11.1 Å². The molecule has 96 valence electrons. The van der Waals surface area contributed by atoms with Crippen LogP contribution in [0.25, 0.3) is 33.0 Å². The fourth-order valence-electron chi connectivity index (χ4n) is 2.13. The normalized spacial score (nSPS) is 11.0. The highest BCUT2D eigenvalue weighted by Gasteiger charge is 2.09. The second-order valence-corrected chi connectivity index (χ2v) is 5.32. The summed E-state index contributed by atoms with van der Waals surface area (Å²) in [6.07, 6.45) is 1.76. The molecule has 0 aliphatic rings. The zero-order valence-electron chi connectivity index (χ0n) is 10.5. The molecule has 0 atom stereocenters. The Kier molecular flexibility index (Phi) is 2.60. The maximum absolute atomic E-state index is 5.85. The maximum Gasteiger partial charge on any atom is 0.226 e. The molecule has 0 spiro atoms. The molecular weight excluding hydrogens is 268 g/mol. The van der Waals surface area contributed by atoms with Crippen molar-refractivity contribution in [3.8, 4) is 22.8 Å². The molecule has 0 aliphatic carbocycles. The standard InChI is InChI=1S/C16H10N2OS/c1-2-4-11(5-3-1)14-9-17-16(19-14)12-6-7-15-13(8-12)18-10-20-15/h1-10H. The molecular formula is C16H10N2OS. The third-order valence-electron chi connectivity index (χ3n) is 3.14. The summed E-state index contributed by atoms with van der Waals surface area (Å²) < 4.78 is 7.02. The Morgan fingerprint density at radius 3 is 2.70 bits per heavy atom. The summed E-state index contributed by atoms with van der Waals surface area (Å²) in [6.45, 7) is 0. The highest BCUT2D eigenvalue weighted by Crippen LogP contribution is 2.28. The topological polar surface area (TPSA) is 38.9 Å². The first-order chi connectivity index (χ1) is 9.90. The van der Waals surface area contributed by atoms with E-state index >= 15 is 0 Å². The van der Waals surface area contributed by atoms with Crippen LogP contribution in [0.4, 0.5) is 0 Å². The van der Waals surface area contributed by atoms with Gasteiger partial charge in [0.15, 0.2) is 5.76 Å². The number of rotatable bonds is 2. The summed E-state index contributed by atoms with van der Waals surface area (Å²) in [7, 11) is 0.